The molecule has 4 nitrogen and oxygen atoms in total. The quantitative estimate of drug-likeness (QED) is 0.824. The molecule has 1 unspecified atom stereocenters. The van der Waals surface area contributed by atoms with Crippen LogP contribution in [0.1, 0.15) is 40.7 Å². The number of hydrogen-bond donors (Lipinski definition) is 2. The molecule has 1 saturated heterocycles. The van der Waals surface area contributed by atoms with Crippen molar-refractivity contribution in [2.75, 3.05) is 13.1 Å². The third-order valence-electron chi connectivity index (χ3n) is 5.88. The van der Waals surface area contributed by atoms with Crippen molar-refractivity contribution in [3.05, 3.63) is 59.2 Å². The zero-order chi connectivity index (χ0) is 18.1. The van der Waals surface area contributed by atoms with E-state index in [2.05, 4.69) is 29.2 Å². The Labute approximate surface area is 154 Å². The van der Waals surface area contributed by atoms with E-state index in [0.29, 0.717) is 17.9 Å². The van der Waals surface area contributed by atoms with E-state index in [0.717, 1.165) is 44.5 Å². The van der Waals surface area contributed by atoms with Gasteiger partial charge in [0.1, 0.15) is 0 Å². The molecule has 1 fully saturated rings. The monoisotopic (exact) mass is 351 g/mol. The summed E-state index contributed by atoms with van der Waals surface area (Å²) in [6.07, 6.45) is 3.85. The molecular weight excluding hydrogens is 326 g/mol. The molecule has 0 radical (unpaired) electrons. The molecule has 2 aromatic carbocycles. The first-order chi connectivity index (χ1) is 12.6. The molecule has 136 valence electrons. The Balaban J connectivity index is 1.32. The van der Waals surface area contributed by atoms with Gasteiger partial charge in [0.05, 0.1) is 0 Å². The van der Waals surface area contributed by atoms with Crippen molar-refractivity contribution in [1.82, 2.24) is 4.90 Å². The van der Waals surface area contributed by atoms with E-state index in [4.69, 9.17) is 0 Å². The van der Waals surface area contributed by atoms with Crippen molar-refractivity contribution in [3.8, 4) is 11.5 Å². The highest BCUT2D eigenvalue weighted by molar-refractivity contribution is 6.02. The molecule has 0 spiro atoms. The topological polar surface area (TPSA) is 60.8 Å². The number of benzene rings is 2. The van der Waals surface area contributed by atoms with E-state index < -0.39 is 0 Å². The second kappa shape index (κ2) is 7.12. The van der Waals surface area contributed by atoms with Gasteiger partial charge in [-0.3, -0.25) is 9.69 Å². The minimum atomic E-state index is -0.202. The van der Waals surface area contributed by atoms with Crippen LogP contribution in [0.5, 0.6) is 11.5 Å². The highest BCUT2D eigenvalue weighted by Crippen LogP contribution is 2.38. The predicted molar refractivity (Wildman–Crippen MR) is 100 cm³/mol. The average Bonchev–Trinajstić information content (AvgIpc) is 2.93. The first kappa shape index (κ1) is 17.1. The Kier molecular flexibility index (Phi) is 4.68. The fourth-order valence-electron chi connectivity index (χ4n) is 4.41. The van der Waals surface area contributed by atoms with E-state index in [1.165, 1.54) is 11.6 Å². The summed E-state index contributed by atoms with van der Waals surface area (Å²) >= 11 is 0. The van der Waals surface area contributed by atoms with Gasteiger partial charge in [-0.05, 0) is 68.0 Å². The van der Waals surface area contributed by atoms with Crippen LogP contribution in [0.4, 0.5) is 0 Å². The van der Waals surface area contributed by atoms with E-state index in [-0.39, 0.29) is 23.2 Å². The number of phenolic OH excluding ortho intramolecular Hbond substituents is 2. The number of carbonyl (C=O) groups excluding carboxylic acids is 1. The van der Waals surface area contributed by atoms with Gasteiger partial charge in [-0.15, -0.1) is 0 Å². The van der Waals surface area contributed by atoms with Gasteiger partial charge in [-0.25, -0.2) is 0 Å². The number of nitrogens with zero attached hydrogens (tertiary/aromatic N) is 1. The van der Waals surface area contributed by atoms with Crippen LogP contribution < -0.4 is 0 Å². The van der Waals surface area contributed by atoms with Gasteiger partial charge in [0.25, 0.3) is 0 Å². The molecule has 1 atom stereocenters. The summed E-state index contributed by atoms with van der Waals surface area (Å²) in [5, 5.41) is 19.3. The van der Waals surface area contributed by atoms with E-state index in [9.17, 15) is 15.0 Å². The number of rotatable bonds is 4. The van der Waals surface area contributed by atoms with Crippen molar-refractivity contribution in [2.24, 2.45) is 11.8 Å². The van der Waals surface area contributed by atoms with Crippen LogP contribution in [0.3, 0.4) is 0 Å². The molecule has 1 aliphatic heterocycles. The maximum absolute atomic E-state index is 12.6. The number of piperidine rings is 1. The van der Waals surface area contributed by atoms with E-state index in [1.807, 2.05) is 6.07 Å². The first-order valence-corrected chi connectivity index (χ1v) is 9.45. The Morgan fingerprint density at radius 3 is 2.42 bits per heavy atom. The van der Waals surface area contributed by atoms with Gasteiger partial charge in [-0.1, -0.05) is 30.3 Å². The number of fused-ring (bicyclic) bond motifs is 1. The summed E-state index contributed by atoms with van der Waals surface area (Å²) < 4.78 is 0. The number of Topliss-reactive ketones (excluding diaryl/α,β-unsaturated/α-hetero) is 1. The Hall–Kier alpha value is -2.33. The molecule has 2 aromatic rings. The molecule has 2 aliphatic rings. The lowest BCUT2D eigenvalue weighted by Gasteiger charge is -2.32. The normalized spacial score (nSPS) is 21.1. The molecule has 0 aromatic heterocycles. The first-order valence-electron chi connectivity index (χ1n) is 9.45. The standard InChI is InChI=1S/C22H25NO3/c24-20-12-17-11-18(22(26)19(17)13-21(20)25)10-15-6-8-23(9-7-15)14-16-4-2-1-3-5-16/h1-5,12-13,15,18,24-25H,6-11,14H2. The molecule has 1 aliphatic carbocycles. The number of ketones is 1. The minimum Gasteiger partial charge on any atom is -0.504 e. The van der Waals surface area contributed by atoms with Crippen LogP contribution in [-0.4, -0.2) is 34.0 Å². The Bertz CT molecular complexity index is 795. The fourth-order valence-corrected chi connectivity index (χ4v) is 4.41. The summed E-state index contributed by atoms with van der Waals surface area (Å²) in [6.45, 7) is 3.16. The van der Waals surface area contributed by atoms with Crippen LogP contribution in [0.2, 0.25) is 0 Å². The molecule has 4 heteroatoms. The highest BCUT2D eigenvalue weighted by Gasteiger charge is 2.34. The van der Waals surface area contributed by atoms with Crippen LogP contribution in [-0.2, 0) is 13.0 Å². The minimum absolute atomic E-state index is 0.00290. The summed E-state index contributed by atoms with van der Waals surface area (Å²) in [6, 6.07) is 13.5. The second-order valence-corrected chi connectivity index (χ2v) is 7.70. The van der Waals surface area contributed by atoms with Gasteiger partial charge in [-0.2, -0.15) is 0 Å². The largest absolute Gasteiger partial charge is 0.504 e. The lowest BCUT2D eigenvalue weighted by molar-refractivity contribution is 0.0895. The predicted octanol–water partition coefficient (Wildman–Crippen LogP) is 3.76. The number of likely N-dealkylation sites (tertiary alicyclic amines) is 1. The van der Waals surface area contributed by atoms with Crippen molar-refractivity contribution in [2.45, 2.75) is 32.2 Å². The number of phenols is 2. The van der Waals surface area contributed by atoms with Gasteiger partial charge in [0, 0.05) is 18.0 Å². The Morgan fingerprint density at radius 1 is 1.00 bits per heavy atom. The molecule has 1 heterocycles. The van der Waals surface area contributed by atoms with Crippen molar-refractivity contribution in [3.63, 3.8) is 0 Å². The number of aromatic hydroxyl groups is 2. The lowest BCUT2D eigenvalue weighted by Crippen LogP contribution is -2.34. The molecule has 0 amide bonds. The highest BCUT2D eigenvalue weighted by atomic mass is 16.3. The number of hydrogen-bond acceptors (Lipinski definition) is 4. The SMILES string of the molecule is O=C1c2cc(O)c(O)cc2CC1CC1CCN(Cc2ccccc2)CC1. The van der Waals surface area contributed by atoms with Gasteiger partial charge in [0.15, 0.2) is 17.3 Å². The van der Waals surface area contributed by atoms with Crippen molar-refractivity contribution >= 4 is 5.78 Å². The molecular formula is C22H25NO3. The van der Waals surface area contributed by atoms with Crippen LogP contribution >= 0.6 is 0 Å². The average molecular weight is 351 g/mol. The van der Waals surface area contributed by atoms with Gasteiger partial charge in [0.2, 0.25) is 0 Å². The maximum atomic E-state index is 12.6. The van der Waals surface area contributed by atoms with Crippen LogP contribution in [0.25, 0.3) is 0 Å². The lowest BCUT2D eigenvalue weighted by atomic mass is 9.85. The maximum Gasteiger partial charge on any atom is 0.166 e. The summed E-state index contributed by atoms with van der Waals surface area (Å²) in [5.74, 6) is 0.366. The second-order valence-electron chi connectivity index (χ2n) is 7.70. The van der Waals surface area contributed by atoms with Crippen LogP contribution in [0.15, 0.2) is 42.5 Å². The third-order valence-corrected chi connectivity index (χ3v) is 5.88. The molecule has 0 bridgehead atoms. The van der Waals surface area contributed by atoms with Crippen molar-refractivity contribution in [1.29, 1.82) is 0 Å². The Morgan fingerprint density at radius 2 is 1.69 bits per heavy atom. The summed E-state index contributed by atoms with van der Waals surface area (Å²) in [5.41, 5.74) is 2.82. The van der Waals surface area contributed by atoms with Gasteiger partial charge >= 0.3 is 0 Å². The number of carbonyl (C=O) groups is 1. The van der Waals surface area contributed by atoms with E-state index in [1.54, 1.807) is 6.07 Å². The fraction of sp³-hybridized carbons (Fsp3) is 0.409. The summed E-state index contributed by atoms with van der Waals surface area (Å²) in [7, 11) is 0. The third kappa shape index (κ3) is 3.47. The molecule has 4 rings (SSSR count). The van der Waals surface area contributed by atoms with Crippen LogP contribution in [0, 0.1) is 11.8 Å². The molecule has 2 N–H and O–H groups in total. The van der Waals surface area contributed by atoms with E-state index >= 15 is 0 Å². The molecule has 0 saturated carbocycles. The zero-order valence-corrected chi connectivity index (χ0v) is 14.9. The summed E-state index contributed by atoms with van der Waals surface area (Å²) in [4.78, 5) is 15.1. The zero-order valence-electron chi connectivity index (χ0n) is 14.9. The van der Waals surface area contributed by atoms with Gasteiger partial charge < -0.3 is 10.2 Å². The molecule has 26 heavy (non-hydrogen) atoms. The smallest absolute Gasteiger partial charge is 0.166 e. The van der Waals surface area contributed by atoms with Crippen molar-refractivity contribution < 1.29 is 15.0 Å².